The van der Waals surface area contributed by atoms with E-state index in [1.165, 1.54) is 22.1 Å². The number of hydrogen-bond acceptors (Lipinski definition) is 8. The molecular formula is C27H35FN2O5S3. The summed E-state index contributed by atoms with van der Waals surface area (Å²) >= 11 is 3.00. The van der Waals surface area contributed by atoms with E-state index < -0.39 is 21.8 Å². The molecule has 0 aliphatic carbocycles. The summed E-state index contributed by atoms with van der Waals surface area (Å²) in [5.74, 6) is -2.20. The van der Waals surface area contributed by atoms with Crippen molar-refractivity contribution in [1.82, 2.24) is 4.31 Å². The van der Waals surface area contributed by atoms with Gasteiger partial charge >= 0.3 is 5.97 Å². The van der Waals surface area contributed by atoms with Gasteiger partial charge in [0, 0.05) is 37.1 Å². The fraction of sp³-hybridized carbons (Fsp3) is 0.444. The highest BCUT2D eigenvalue weighted by atomic mass is 32.2. The highest BCUT2D eigenvalue weighted by Crippen LogP contribution is 2.41. The zero-order valence-electron chi connectivity index (χ0n) is 22.4. The van der Waals surface area contributed by atoms with Gasteiger partial charge in [-0.1, -0.05) is 31.9 Å². The Labute approximate surface area is 233 Å². The number of carbonyl (C=O) groups is 1. The van der Waals surface area contributed by atoms with Gasteiger partial charge in [-0.15, -0.1) is 23.5 Å². The Kier molecular flexibility index (Phi) is 11.0. The molecule has 0 spiro atoms. The molecule has 208 valence electrons. The van der Waals surface area contributed by atoms with Gasteiger partial charge in [0.1, 0.15) is 16.9 Å². The zero-order chi connectivity index (χ0) is 27.9. The van der Waals surface area contributed by atoms with Crippen molar-refractivity contribution in [2.75, 3.05) is 37.6 Å². The summed E-state index contributed by atoms with van der Waals surface area (Å²) in [4.78, 5) is 15.6. The molecule has 0 aromatic heterocycles. The van der Waals surface area contributed by atoms with Crippen LogP contribution in [-0.2, 0) is 26.1 Å². The van der Waals surface area contributed by atoms with Crippen molar-refractivity contribution in [2.24, 2.45) is 0 Å². The summed E-state index contributed by atoms with van der Waals surface area (Å²) in [6.45, 7) is 4.73. The number of ether oxygens (including phenoxy) is 2. The summed E-state index contributed by atoms with van der Waals surface area (Å²) in [6.07, 6.45) is 7.09. The summed E-state index contributed by atoms with van der Waals surface area (Å²) in [5, 5.41) is 0. The Bertz CT molecular complexity index is 1270. The number of likely N-dealkylation sites (N-methyl/N-ethyl adjacent to an activating group) is 1. The molecule has 38 heavy (non-hydrogen) atoms. The number of rotatable bonds is 11. The topological polar surface area (TPSA) is 76.1 Å². The Balaban J connectivity index is 2.12. The number of esters is 1. The lowest BCUT2D eigenvalue weighted by molar-refractivity contribution is -0.140. The van der Waals surface area contributed by atoms with Gasteiger partial charge in [0.25, 0.3) is 0 Å². The minimum absolute atomic E-state index is 0.0223. The number of thioether (sulfide) groups is 2. The number of halogens is 1. The average molecular weight is 583 g/mol. The number of anilines is 1. The molecule has 1 heterocycles. The number of sulfonamides is 1. The second-order valence-corrected chi connectivity index (χ2v) is 12.5. The van der Waals surface area contributed by atoms with E-state index in [4.69, 9.17) is 4.74 Å². The summed E-state index contributed by atoms with van der Waals surface area (Å²) in [7, 11) is -2.28. The van der Waals surface area contributed by atoms with Crippen molar-refractivity contribution in [2.45, 2.75) is 60.4 Å². The first-order chi connectivity index (χ1) is 18.2. The summed E-state index contributed by atoms with van der Waals surface area (Å²) < 4.78 is 53.5. The van der Waals surface area contributed by atoms with Crippen molar-refractivity contribution in [3.8, 4) is 5.75 Å². The molecule has 7 nitrogen and oxygen atoms in total. The van der Waals surface area contributed by atoms with Crippen LogP contribution in [0.1, 0.15) is 38.7 Å². The number of benzene rings is 2. The van der Waals surface area contributed by atoms with Crippen LogP contribution in [0, 0.1) is 0 Å². The van der Waals surface area contributed by atoms with Crippen LogP contribution in [0.5, 0.6) is 5.75 Å². The zero-order valence-corrected chi connectivity index (χ0v) is 24.8. The van der Waals surface area contributed by atoms with Gasteiger partial charge in [-0.05, 0) is 49.6 Å². The molecule has 0 amide bonds. The first-order valence-corrected chi connectivity index (χ1v) is 16.3. The van der Waals surface area contributed by atoms with Crippen LogP contribution < -0.4 is 9.64 Å². The molecule has 0 radical (unpaired) electrons. The van der Waals surface area contributed by atoms with Gasteiger partial charge in [-0.3, -0.25) is 0 Å². The van der Waals surface area contributed by atoms with Crippen molar-refractivity contribution in [1.29, 1.82) is 0 Å². The molecule has 0 bridgehead atoms. The maximum absolute atomic E-state index is 14.2. The number of nitrogens with zero attached hydrogens (tertiary/aromatic N) is 2. The van der Waals surface area contributed by atoms with Crippen LogP contribution in [0.15, 0.2) is 63.2 Å². The van der Waals surface area contributed by atoms with Gasteiger partial charge in [0.15, 0.2) is 0 Å². The maximum Gasteiger partial charge on any atom is 0.370 e. The Morgan fingerprint density at radius 1 is 1.18 bits per heavy atom. The van der Waals surface area contributed by atoms with Crippen molar-refractivity contribution in [3.05, 3.63) is 54.1 Å². The summed E-state index contributed by atoms with van der Waals surface area (Å²) in [6, 6.07) is 11.2. The molecule has 3 rings (SSSR count). The molecule has 2 aromatic carbocycles. The molecule has 1 atom stereocenters. The van der Waals surface area contributed by atoms with Crippen molar-refractivity contribution >= 4 is 45.2 Å². The molecular weight excluding hydrogens is 548 g/mol. The second kappa shape index (κ2) is 13.7. The highest BCUT2D eigenvalue weighted by Gasteiger charge is 2.37. The predicted octanol–water partition coefficient (Wildman–Crippen LogP) is 6.08. The Hall–Kier alpha value is -2.21. The molecule has 1 aliphatic heterocycles. The van der Waals surface area contributed by atoms with E-state index in [9.17, 15) is 17.6 Å². The van der Waals surface area contributed by atoms with Gasteiger partial charge < -0.3 is 14.4 Å². The van der Waals surface area contributed by atoms with E-state index in [0.717, 1.165) is 29.7 Å². The first kappa shape index (κ1) is 30.3. The third-order valence-corrected chi connectivity index (χ3v) is 9.77. The first-order valence-electron chi connectivity index (χ1n) is 12.4. The standard InChI is InChI=1S/C27H35FN2O5S3/c1-6-8-11-20-17-30(16-19-10-9-12-21(13-19)36-4)23-14-25(37-5)24(15-26(23)38(32,33)29(20)3)35-18-22(28)27(31)34-7-2/h9-10,12-15,18,20H,6-8,11,16-17H2,1-5H3/b22-18-. The largest absolute Gasteiger partial charge is 0.461 e. The predicted molar refractivity (Wildman–Crippen MR) is 152 cm³/mol. The van der Waals surface area contributed by atoms with Crippen LogP contribution in [0.4, 0.5) is 10.1 Å². The number of carbonyl (C=O) groups excluding carboxylic acids is 1. The molecule has 2 aromatic rings. The number of fused-ring (bicyclic) bond motifs is 1. The van der Waals surface area contributed by atoms with Crippen LogP contribution in [0.25, 0.3) is 0 Å². The van der Waals surface area contributed by atoms with Gasteiger partial charge in [0.05, 0.1) is 17.2 Å². The van der Waals surface area contributed by atoms with E-state index in [2.05, 4.69) is 22.6 Å². The van der Waals surface area contributed by atoms with Crippen LogP contribution in [0.2, 0.25) is 0 Å². The van der Waals surface area contributed by atoms with Crippen LogP contribution >= 0.6 is 23.5 Å². The highest BCUT2D eigenvalue weighted by molar-refractivity contribution is 7.99. The minimum atomic E-state index is -3.89. The van der Waals surface area contributed by atoms with Crippen molar-refractivity contribution in [3.63, 3.8) is 0 Å². The van der Waals surface area contributed by atoms with E-state index >= 15 is 0 Å². The third kappa shape index (κ3) is 7.05. The van der Waals surface area contributed by atoms with Crippen molar-refractivity contribution < 1.29 is 27.1 Å². The van der Waals surface area contributed by atoms with Gasteiger partial charge in [-0.2, -0.15) is 8.70 Å². The van der Waals surface area contributed by atoms with Gasteiger partial charge in [-0.25, -0.2) is 13.2 Å². The minimum Gasteiger partial charge on any atom is -0.461 e. The van der Waals surface area contributed by atoms with Gasteiger partial charge in [0.2, 0.25) is 15.9 Å². The fourth-order valence-corrected chi connectivity index (χ4v) is 6.88. The fourth-order valence-electron chi connectivity index (χ4n) is 4.27. The quantitative estimate of drug-likeness (QED) is 0.137. The molecule has 0 saturated heterocycles. The molecule has 0 fully saturated rings. The monoisotopic (exact) mass is 582 g/mol. The number of hydrogen-bond donors (Lipinski definition) is 0. The molecule has 0 saturated carbocycles. The molecule has 11 heteroatoms. The molecule has 1 unspecified atom stereocenters. The van der Waals surface area contributed by atoms with E-state index in [-0.39, 0.29) is 23.3 Å². The lowest BCUT2D eigenvalue weighted by Gasteiger charge is -2.30. The number of unbranched alkanes of at least 4 members (excludes halogenated alkanes) is 1. The second-order valence-electron chi connectivity index (χ2n) is 8.82. The lowest BCUT2D eigenvalue weighted by atomic mass is 10.1. The average Bonchev–Trinajstić information content (AvgIpc) is 2.98. The Morgan fingerprint density at radius 3 is 2.61 bits per heavy atom. The SMILES string of the molecule is CCCCC1CN(Cc2cccc(SC)c2)c2cc(SC)c(O/C=C(\F)C(=O)OCC)cc2S(=O)(=O)N1C. The normalized spacial score (nSPS) is 17.6. The maximum atomic E-state index is 14.2. The summed E-state index contributed by atoms with van der Waals surface area (Å²) in [5.41, 5.74) is 1.64. The molecule has 0 N–H and O–H groups in total. The lowest BCUT2D eigenvalue weighted by Crippen LogP contribution is -2.41. The van der Waals surface area contributed by atoms with Crippen LogP contribution in [-0.4, -0.2) is 57.4 Å². The van der Waals surface area contributed by atoms with E-state index in [0.29, 0.717) is 29.9 Å². The van der Waals surface area contributed by atoms with Crippen LogP contribution in [0.3, 0.4) is 0 Å². The van der Waals surface area contributed by atoms with E-state index in [1.807, 2.05) is 30.7 Å². The van der Waals surface area contributed by atoms with E-state index in [1.54, 1.807) is 31.8 Å². The molecule has 1 aliphatic rings. The third-order valence-electron chi connectivity index (χ3n) is 6.35. The Morgan fingerprint density at radius 2 is 1.95 bits per heavy atom. The smallest absolute Gasteiger partial charge is 0.370 e.